The molecule has 188 valence electrons. The third-order valence-electron chi connectivity index (χ3n) is 6.58. The highest BCUT2D eigenvalue weighted by molar-refractivity contribution is 6.04. The monoisotopic (exact) mass is 492 g/mol. The lowest BCUT2D eigenvalue weighted by molar-refractivity contribution is -0.387. The zero-order valence-electron chi connectivity index (χ0n) is 18.1. The molecule has 0 amide bonds. The summed E-state index contributed by atoms with van der Waals surface area (Å²) in [5, 5.41) is 69.5. The average Bonchev–Trinajstić information content (AvgIpc) is 3.23. The number of ketones is 1. The Bertz CT molecular complexity index is 1140. The molecule has 2 aromatic carbocycles. The summed E-state index contributed by atoms with van der Waals surface area (Å²) >= 11 is 0. The molecule has 2 aromatic rings. The van der Waals surface area contributed by atoms with Crippen molar-refractivity contribution in [3.63, 3.8) is 0 Å². The van der Waals surface area contributed by atoms with E-state index in [0.29, 0.717) is 0 Å². The molecule has 0 radical (unpaired) electrons. The van der Waals surface area contributed by atoms with Gasteiger partial charge in [0.1, 0.15) is 30.5 Å². The fourth-order valence-corrected chi connectivity index (χ4v) is 4.70. The van der Waals surface area contributed by atoms with Crippen LogP contribution in [-0.2, 0) is 24.5 Å². The van der Waals surface area contributed by atoms with Crippen LogP contribution in [0.25, 0.3) is 0 Å². The number of aromatic hydroxyl groups is 4. The summed E-state index contributed by atoms with van der Waals surface area (Å²) < 4.78 is 23.4. The largest absolute Gasteiger partial charge is 0.504 e. The molecule has 0 unspecified atom stereocenters. The van der Waals surface area contributed by atoms with E-state index in [4.69, 9.17) is 18.9 Å². The Morgan fingerprint density at radius 2 is 1.54 bits per heavy atom. The van der Waals surface area contributed by atoms with Gasteiger partial charge in [-0.05, 0) is 35.9 Å². The Hall–Kier alpha value is -2.97. The van der Waals surface area contributed by atoms with Crippen LogP contribution in [0.2, 0.25) is 0 Å². The Labute approximate surface area is 198 Å². The first kappa shape index (κ1) is 23.8. The molecule has 0 aromatic heterocycles. The quantitative estimate of drug-likeness (QED) is 0.215. The number of phenolic OH excluding ortho intramolecular Hbond substituents is 4. The van der Waals surface area contributed by atoms with E-state index in [-0.39, 0.29) is 17.5 Å². The molecule has 0 bridgehead atoms. The van der Waals surface area contributed by atoms with Gasteiger partial charge in [-0.2, -0.15) is 0 Å². The van der Waals surface area contributed by atoms with Crippen molar-refractivity contribution in [3.8, 4) is 23.0 Å². The second kappa shape index (κ2) is 8.60. The van der Waals surface area contributed by atoms with Crippen LogP contribution in [0.3, 0.4) is 0 Å². The predicted molar refractivity (Wildman–Crippen MR) is 113 cm³/mol. The fraction of sp³-hybridized carbons (Fsp3) is 0.435. The summed E-state index contributed by atoms with van der Waals surface area (Å²) in [7, 11) is 0. The summed E-state index contributed by atoms with van der Waals surface area (Å²) in [6, 6.07) is 7.16. The van der Waals surface area contributed by atoms with Crippen molar-refractivity contribution in [2.75, 3.05) is 6.61 Å². The summed E-state index contributed by atoms with van der Waals surface area (Å²) in [4.78, 5) is 13.8. The van der Waals surface area contributed by atoms with Gasteiger partial charge in [0.15, 0.2) is 47.0 Å². The maximum absolute atomic E-state index is 13.8. The van der Waals surface area contributed by atoms with Gasteiger partial charge in [-0.25, -0.2) is 0 Å². The standard InChI is InChI=1S/C23H24O12/c24-8-16-17(29)18(30)19-22(33-16)32-15-7-23(35-21(15)34-19,10-2-4-12(26)14(28)6-10)20(31)9-1-3-11(25)13(27)5-9/h1-6,15-19,21-22,24-30H,7-8H2/t15-,16-,17-,18+,19-,21+,22-,23+/m1/s1. The summed E-state index contributed by atoms with van der Waals surface area (Å²) in [5.41, 5.74) is -1.72. The van der Waals surface area contributed by atoms with E-state index in [0.717, 1.165) is 18.2 Å². The number of hydrogen-bond donors (Lipinski definition) is 7. The molecule has 3 aliphatic heterocycles. The molecular weight excluding hydrogens is 468 g/mol. The minimum atomic E-state index is -1.84. The number of carbonyl (C=O) groups excluding carboxylic acids is 1. The van der Waals surface area contributed by atoms with Crippen LogP contribution in [0.5, 0.6) is 23.0 Å². The van der Waals surface area contributed by atoms with Crippen molar-refractivity contribution in [2.45, 2.75) is 55.1 Å². The highest BCUT2D eigenvalue weighted by Gasteiger charge is 2.60. The Morgan fingerprint density at radius 3 is 2.20 bits per heavy atom. The van der Waals surface area contributed by atoms with Crippen molar-refractivity contribution >= 4 is 5.78 Å². The van der Waals surface area contributed by atoms with Gasteiger partial charge in [-0.1, -0.05) is 6.07 Å². The minimum Gasteiger partial charge on any atom is -0.504 e. The predicted octanol–water partition coefficient (Wildman–Crippen LogP) is -0.443. The Morgan fingerprint density at radius 1 is 0.857 bits per heavy atom. The van der Waals surface area contributed by atoms with E-state index in [1.807, 2.05) is 0 Å². The van der Waals surface area contributed by atoms with E-state index < -0.39 is 84.1 Å². The molecule has 5 rings (SSSR count). The van der Waals surface area contributed by atoms with Crippen LogP contribution in [0, 0.1) is 0 Å². The van der Waals surface area contributed by atoms with Crippen LogP contribution < -0.4 is 0 Å². The summed E-state index contributed by atoms with van der Waals surface area (Å²) in [5.74, 6) is -2.57. The second-order valence-corrected chi connectivity index (χ2v) is 8.74. The van der Waals surface area contributed by atoms with Crippen molar-refractivity contribution in [3.05, 3.63) is 47.5 Å². The topological polar surface area (TPSA) is 196 Å². The second-order valence-electron chi connectivity index (χ2n) is 8.74. The van der Waals surface area contributed by atoms with Crippen LogP contribution in [-0.4, -0.2) is 91.2 Å². The van der Waals surface area contributed by atoms with Crippen LogP contribution in [0.15, 0.2) is 36.4 Å². The lowest BCUT2D eigenvalue weighted by Gasteiger charge is -2.46. The summed E-state index contributed by atoms with van der Waals surface area (Å²) in [6.45, 7) is -0.574. The SMILES string of the molecule is O=C(c1ccc(O)c(O)c1)[C@@]1(c2ccc(O)c(O)c2)C[C@H]2O[C@@H]3O[C@H](CO)[C@@H](O)[C@H](O)[C@H]3O[C@H]2O1. The first-order valence-corrected chi connectivity index (χ1v) is 10.8. The number of carbonyl (C=O) groups is 1. The molecule has 0 spiro atoms. The van der Waals surface area contributed by atoms with Gasteiger partial charge in [0, 0.05) is 12.0 Å². The third-order valence-corrected chi connectivity index (χ3v) is 6.58. The van der Waals surface area contributed by atoms with Crippen molar-refractivity contribution in [2.24, 2.45) is 0 Å². The number of benzene rings is 2. The highest BCUT2D eigenvalue weighted by atomic mass is 16.8. The first-order chi connectivity index (χ1) is 16.6. The maximum Gasteiger partial charge on any atom is 0.199 e. The van der Waals surface area contributed by atoms with Gasteiger partial charge < -0.3 is 54.7 Å². The molecular formula is C23H24O12. The number of ether oxygens (including phenoxy) is 4. The first-order valence-electron chi connectivity index (χ1n) is 10.8. The smallest absolute Gasteiger partial charge is 0.199 e. The number of fused-ring (bicyclic) bond motifs is 2. The molecule has 12 heteroatoms. The molecule has 3 heterocycles. The maximum atomic E-state index is 13.8. The molecule has 3 saturated heterocycles. The number of phenols is 4. The molecule has 7 N–H and O–H groups in total. The van der Waals surface area contributed by atoms with Crippen molar-refractivity contribution in [1.82, 2.24) is 0 Å². The van der Waals surface area contributed by atoms with E-state index in [1.165, 1.54) is 18.2 Å². The number of aliphatic hydroxyl groups is 3. The van der Waals surface area contributed by atoms with Crippen LogP contribution >= 0.6 is 0 Å². The van der Waals surface area contributed by atoms with Crippen LogP contribution in [0.4, 0.5) is 0 Å². The van der Waals surface area contributed by atoms with E-state index in [1.54, 1.807) is 0 Å². The molecule has 0 aliphatic carbocycles. The zero-order chi connectivity index (χ0) is 25.1. The van der Waals surface area contributed by atoms with E-state index in [2.05, 4.69) is 0 Å². The van der Waals surface area contributed by atoms with Gasteiger partial charge in [0.2, 0.25) is 0 Å². The fourth-order valence-electron chi connectivity index (χ4n) is 4.70. The van der Waals surface area contributed by atoms with Gasteiger partial charge in [-0.3, -0.25) is 4.79 Å². The van der Waals surface area contributed by atoms with Gasteiger partial charge in [-0.15, -0.1) is 0 Å². The lowest BCUT2D eigenvalue weighted by atomic mass is 9.82. The number of aliphatic hydroxyl groups excluding tert-OH is 3. The zero-order valence-corrected chi connectivity index (χ0v) is 18.1. The molecule has 3 aliphatic rings. The Kier molecular flexibility index (Phi) is 5.84. The summed E-state index contributed by atoms with van der Waals surface area (Å²) in [6.07, 6.45) is -8.69. The average molecular weight is 492 g/mol. The molecule has 3 fully saturated rings. The third kappa shape index (κ3) is 3.79. The van der Waals surface area contributed by atoms with Gasteiger partial charge in [0.05, 0.1) is 6.61 Å². The molecule has 12 nitrogen and oxygen atoms in total. The molecule has 35 heavy (non-hydrogen) atoms. The van der Waals surface area contributed by atoms with Gasteiger partial charge >= 0.3 is 0 Å². The lowest BCUT2D eigenvalue weighted by Crippen LogP contribution is -2.64. The number of Topliss-reactive ketones (excluding diaryl/α,β-unsaturated/α-hetero) is 1. The normalized spacial score (nSPS) is 36.4. The Balaban J connectivity index is 1.53. The van der Waals surface area contributed by atoms with Crippen molar-refractivity contribution < 1.29 is 59.5 Å². The van der Waals surface area contributed by atoms with Crippen LogP contribution in [0.1, 0.15) is 22.3 Å². The highest BCUT2D eigenvalue weighted by Crippen LogP contribution is 2.49. The minimum absolute atomic E-state index is 0.0315. The molecule has 8 atom stereocenters. The molecule has 0 saturated carbocycles. The van der Waals surface area contributed by atoms with E-state index >= 15 is 0 Å². The van der Waals surface area contributed by atoms with E-state index in [9.17, 15) is 40.5 Å². The number of rotatable bonds is 4. The number of hydrogen-bond acceptors (Lipinski definition) is 12. The van der Waals surface area contributed by atoms with Crippen molar-refractivity contribution in [1.29, 1.82) is 0 Å². The van der Waals surface area contributed by atoms with Gasteiger partial charge in [0.25, 0.3) is 0 Å².